The zero-order valence-corrected chi connectivity index (χ0v) is 17.0. The molecule has 0 spiro atoms. The molecule has 30 heavy (non-hydrogen) atoms. The van der Waals surface area contributed by atoms with Gasteiger partial charge in [0.15, 0.2) is 0 Å². The van der Waals surface area contributed by atoms with Crippen LogP contribution in [-0.4, -0.2) is 23.3 Å². The van der Waals surface area contributed by atoms with Crippen molar-refractivity contribution >= 4 is 28.9 Å². The van der Waals surface area contributed by atoms with Gasteiger partial charge in [-0.05, 0) is 37.5 Å². The Morgan fingerprint density at radius 1 is 1.03 bits per heavy atom. The average Bonchev–Trinajstić information content (AvgIpc) is 3.03. The van der Waals surface area contributed by atoms with Crippen molar-refractivity contribution in [2.45, 2.75) is 39.2 Å². The zero-order valence-electron chi connectivity index (χ0n) is 17.0. The van der Waals surface area contributed by atoms with Gasteiger partial charge in [0.1, 0.15) is 5.69 Å². The Hall–Kier alpha value is -3.22. The van der Waals surface area contributed by atoms with Crippen molar-refractivity contribution < 1.29 is 14.5 Å². The maximum Gasteiger partial charge on any atom is 0.294 e. The lowest BCUT2D eigenvalue weighted by Gasteiger charge is -2.24. The second-order valence-corrected chi connectivity index (χ2v) is 7.94. The lowest BCUT2D eigenvalue weighted by atomic mass is 9.81. The highest BCUT2D eigenvalue weighted by atomic mass is 16.6. The minimum Gasteiger partial charge on any atom is -0.362 e. The SMILES string of the molecule is CCN(Cc1ccccc1)c1ccc(N2C(=O)[C@H]3CCCC[C@H]3C2=O)cc1[N+](=O)[O-]. The number of imide groups is 1. The van der Waals surface area contributed by atoms with E-state index in [1.807, 2.05) is 42.2 Å². The van der Waals surface area contributed by atoms with Gasteiger partial charge in [-0.25, -0.2) is 4.90 Å². The first-order valence-corrected chi connectivity index (χ1v) is 10.5. The van der Waals surface area contributed by atoms with Gasteiger partial charge < -0.3 is 4.90 Å². The van der Waals surface area contributed by atoms with Crippen molar-refractivity contribution in [2.75, 3.05) is 16.3 Å². The van der Waals surface area contributed by atoms with Gasteiger partial charge in [0.25, 0.3) is 5.69 Å². The maximum atomic E-state index is 12.9. The van der Waals surface area contributed by atoms with Crippen LogP contribution in [0.2, 0.25) is 0 Å². The van der Waals surface area contributed by atoms with Crippen molar-refractivity contribution in [1.29, 1.82) is 0 Å². The number of rotatable bonds is 6. The average molecular weight is 407 g/mol. The van der Waals surface area contributed by atoms with Gasteiger partial charge in [0, 0.05) is 19.2 Å². The van der Waals surface area contributed by atoms with E-state index in [9.17, 15) is 19.7 Å². The van der Waals surface area contributed by atoms with E-state index in [2.05, 4.69) is 0 Å². The molecule has 7 nitrogen and oxygen atoms in total. The number of carbonyl (C=O) groups excluding carboxylic acids is 2. The number of nitro groups is 1. The Labute approximate surface area is 175 Å². The van der Waals surface area contributed by atoms with Crippen LogP contribution in [0.1, 0.15) is 38.2 Å². The summed E-state index contributed by atoms with van der Waals surface area (Å²) in [6.45, 7) is 3.06. The Bertz CT molecular complexity index is 952. The van der Waals surface area contributed by atoms with E-state index in [1.165, 1.54) is 11.0 Å². The van der Waals surface area contributed by atoms with Gasteiger partial charge >= 0.3 is 0 Å². The smallest absolute Gasteiger partial charge is 0.294 e. The number of carbonyl (C=O) groups is 2. The van der Waals surface area contributed by atoms with E-state index in [4.69, 9.17) is 0 Å². The van der Waals surface area contributed by atoms with Crippen LogP contribution in [0.25, 0.3) is 0 Å². The molecule has 156 valence electrons. The van der Waals surface area contributed by atoms with Gasteiger partial charge in [-0.15, -0.1) is 0 Å². The Kier molecular flexibility index (Phi) is 5.53. The number of hydrogen-bond acceptors (Lipinski definition) is 5. The molecule has 4 rings (SSSR count). The van der Waals surface area contributed by atoms with E-state index in [0.29, 0.717) is 37.3 Å². The van der Waals surface area contributed by atoms with E-state index in [1.54, 1.807) is 12.1 Å². The van der Waals surface area contributed by atoms with E-state index in [-0.39, 0.29) is 29.3 Å². The normalized spacial score (nSPS) is 20.9. The molecule has 1 aliphatic carbocycles. The monoisotopic (exact) mass is 407 g/mol. The van der Waals surface area contributed by atoms with Gasteiger partial charge in [-0.3, -0.25) is 19.7 Å². The van der Waals surface area contributed by atoms with Crippen molar-refractivity contribution in [1.82, 2.24) is 0 Å². The molecular formula is C23H25N3O4. The van der Waals surface area contributed by atoms with Crippen LogP contribution in [0.3, 0.4) is 0 Å². The highest BCUT2D eigenvalue weighted by Crippen LogP contribution is 2.42. The summed E-state index contributed by atoms with van der Waals surface area (Å²) >= 11 is 0. The molecule has 0 aromatic heterocycles. The second-order valence-electron chi connectivity index (χ2n) is 7.94. The Morgan fingerprint density at radius 3 is 2.23 bits per heavy atom. The molecule has 0 bridgehead atoms. The number of nitro benzene ring substituents is 1. The van der Waals surface area contributed by atoms with Gasteiger partial charge in [-0.2, -0.15) is 0 Å². The highest BCUT2D eigenvalue weighted by molar-refractivity contribution is 6.22. The molecule has 2 aliphatic rings. The van der Waals surface area contributed by atoms with E-state index >= 15 is 0 Å². The number of nitrogens with zero attached hydrogens (tertiary/aromatic N) is 3. The second kappa shape index (κ2) is 8.26. The maximum absolute atomic E-state index is 12.9. The first-order chi connectivity index (χ1) is 14.5. The van der Waals surface area contributed by atoms with E-state index in [0.717, 1.165) is 18.4 Å². The molecule has 2 fully saturated rings. The zero-order chi connectivity index (χ0) is 21.3. The lowest BCUT2D eigenvalue weighted by Crippen LogP contribution is -2.31. The molecule has 1 heterocycles. The molecule has 0 unspecified atom stereocenters. The fourth-order valence-corrected chi connectivity index (χ4v) is 4.65. The lowest BCUT2D eigenvalue weighted by molar-refractivity contribution is -0.384. The molecule has 1 aliphatic heterocycles. The predicted molar refractivity (Wildman–Crippen MR) is 114 cm³/mol. The largest absolute Gasteiger partial charge is 0.362 e. The predicted octanol–water partition coefficient (Wildman–Crippen LogP) is 4.30. The number of hydrogen-bond donors (Lipinski definition) is 0. The highest BCUT2D eigenvalue weighted by Gasteiger charge is 2.49. The van der Waals surface area contributed by atoms with Crippen molar-refractivity contribution in [2.24, 2.45) is 11.8 Å². The molecule has 7 heteroatoms. The van der Waals surface area contributed by atoms with Crippen molar-refractivity contribution in [3.8, 4) is 0 Å². The minimum atomic E-state index is -0.440. The standard InChI is InChI=1S/C23H25N3O4/c1-2-24(15-16-8-4-3-5-9-16)20-13-12-17(14-21(20)26(29)30)25-22(27)18-10-6-7-11-19(18)23(25)28/h3-5,8-9,12-14,18-19H,2,6-7,10-11,15H2,1H3/t18-,19+. The summed E-state index contributed by atoms with van der Waals surface area (Å²) in [5.41, 5.74) is 1.73. The van der Waals surface area contributed by atoms with Crippen LogP contribution >= 0.6 is 0 Å². The third-order valence-electron chi connectivity index (χ3n) is 6.19. The van der Waals surface area contributed by atoms with Crippen molar-refractivity contribution in [3.63, 3.8) is 0 Å². The number of anilines is 2. The first-order valence-electron chi connectivity index (χ1n) is 10.5. The van der Waals surface area contributed by atoms with E-state index < -0.39 is 4.92 Å². The van der Waals surface area contributed by atoms with Crippen LogP contribution < -0.4 is 9.80 Å². The molecule has 2 aromatic rings. The third kappa shape index (κ3) is 3.56. The number of amides is 2. The van der Waals surface area contributed by atoms with Gasteiger partial charge in [0.2, 0.25) is 11.8 Å². The molecule has 0 N–H and O–H groups in total. The first kappa shape index (κ1) is 20.1. The summed E-state index contributed by atoms with van der Waals surface area (Å²) in [5, 5.41) is 11.9. The summed E-state index contributed by atoms with van der Waals surface area (Å²) in [7, 11) is 0. The quantitative estimate of drug-likeness (QED) is 0.405. The molecule has 2 aromatic carbocycles. The molecular weight excluding hydrogens is 382 g/mol. The summed E-state index contributed by atoms with van der Waals surface area (Å²) in [5.74, 6) is -1.00. The fraction of sp³-hybridized carbons (Fsp3) is 0.391. The Balaban J connectivity index is 1.67. The fourth-order valence-electron chi connectivity index (χ4n) is 4.65. The topological polar surface area (TPSA) is 83.8 Å². The molecule has 1 saturated heterocycles. The minimum absolute atomic E-state index is 0.0965. The summed E-state index contributed by atoms with van der Waals surface area (Å²) < 4.78 is 0. The van der Waals surface area contributed by atoms with Gasteiger partial charge in [0.05, 0.1) is 22.4 Å². The third-order valence-corrected chi connectivity index (χ3v) is 6.19. The summed E-state index contributed by atoms with van der Waals surface area (Å²) in [6, 6.07) is 14.4. The molecule has 2 amide bonds. The molecule has 0 radical (unpaired) electrons. The number of fused-ring (bicyclic) bond motifs is 1. The van der Waals surface area contributed by atoms with Crippen molar-refractivity contribution in [3.05, 3.63) is 64.2 Å². The Morgan fingerprint density at radius 2 is 1.67 bits per heavy atom. The van der Waals surface area contributed by atoms with Crippen LogP contribution in [-0.2, 0) is 16.1 Å². The molecule has 2 atom stereocenters. The van der Waals surface area contributed by atoms with Crippen LogP contribution in [0.5, 0.6) is 0 Å². The van der Waals surface area contributed by atoms with Crippen LogP contribution in [0, 0.1) is 22.0 Å². The summed E-state index contributed by atoms with van der Waals surface area (Å²) in [4.78, 5) is 40.3. The van der Waals surface area contributed by atoms with Crippen LogP contribution in [0.15, 0.2) is 48.5 Å². The molecule has 1 saturated carbocycles. The number of benzene rings is 2. The van der Waals surface area contributed by atoms with Crippen LogP contribution in [0.4, 0.5) is 17.1 Å². The summed E-state index contributed by atoms with van der Waals surface area (Å²) in [6.07, 6.45) is 3.31. The van der Waals surface area contributed by atoms with Gasteiger partial charge in [-0.1, -0.05) is 43.2 Å².